The molecule has 0 fully saturated rings. The normalized spacial score (nSPS) is 11.2. The van der Waals surface area contributed by atoms with Crippen LogP contribution in [0, 0.1) is 25.2 Å². The third-order valence-electron chi connectivity index (χ3n) is 5.25. The summed E-state index contributed by atoms with van der Waals surface area (Å²) in [5.41, 5.74) is 3.52. The maximum absolute atomic E-state index is 13.0. The quantitative estimate of drug-likeness (QED) is 0.507. The Balaban J connectivity index is 1.81. The van der Waals surface area contributed by atoms with Gasteiger partial charge in [-0.1, -0.05) is 6.07 Å². The lowest BCUT2D eigenvalue weighted by atomic mass is 10.0. The number of pyridine rings is 1. The van der Waals surface area contributed by atoms with Crippen LogP contribution in [0.3, 0.4) is 0 Å². The zero-order valence-corrected chi connectivity index (χ0v) is 19.8. The minimum atomic E-state index is -0.927. The smallest absolute Gasteiger partial charge is 0.252 e. The molecular weight excluding hydrogens is 434 g/mol. The van der Waals surface area contributed by atoms with Crippen LogP contribution in [0.1, 0.15) is 38.7 Å². The van der Waals surface area contributed by atoms with Gasteiger partial charge >= 0.3 is 0 Å². The van der Waals surface area contributed by atoms with Gasteiger partial charge in [-0.15, -0.1) is 0 Å². The first-order valence-electron chi connectivity index (χ1n) is 10.5. The van der Waals surface area contributed by atoms with Crippen LogP contribution in [0.15, 0.2) is 48.8 Å². The number of carbonyl (C=O) groups is 1. The molecule has 0 aliphatic heterocycles. The van der Waals surface area contributed by atoms with Crippen LogP contribution < -0.4 is 24.3 Å². The highest BCUT2D eigenvalue weighted by Gasteiger charge is 2.21. The first-order valence-corrected chi connectivity index (χ1v) is 10.5. The number of ether oxygens (including phenoxy) is 4. The zero-order chi connectivity index (χ0) is 24.7. The number of benzene rings is 2. The molecule has 8 nitrogen and oxygen atoms in total. The number of methoxy groups -OCH3 is 3. The second-order valence-corrected chi connectivity index (χ2v) is 7.58. The fourth-order valence-electron chi connectivity index (χ4n) is 3.62. The summed E-state index contributed by atoms with van der Waals surface area (Å²) in [6.45, 7) is 4.13. The lowest BCUT2D eigenvalue weighted by molar-refractivity contribution is 0.0944. The van der Waals surface area contributed by atoms with E-state index in [0.29, 0.717) is 40.7 Å². The maximum atomic E-state index is 13.0. The second-order valence-electron chi connectivity index (χ2n) is 7.58. The molecule has 1 unspecified atom stereocenters. The van der Waals surface area contributed by atoms with Crippen molar-refractivity contribution < 1.29 is 23.7 Å². The SMILES string of the molecule is COc1cc(C(C#N)NC(=O)c2cc(C)c(OCc3cccnc3)c(C)c2)cc(OC)c1OC. The Kier molecular flexibility index (Phi) is 7.93. The van der Waals surface area contributed by atoms with Gasteiger partial charge < -0.3 is 24.3 Å². The van der Waals surface area contributed by atoms with Crippen molar-refractivity contribution in [2.75, 3.05) is 21.3 Å². The number of aryl methyl sites for hydroxylation is 2. The minimum absolute atomic E-state index is 0.374. The Hall–Kier alpha value is -4.25. The fourth-order valence-corrected chi connectivity index (χ4v) is 3.62. The van der Waals surface area contributed by atoms with Crippen molar-refractivity contribution in [2.45, 2.75) is 26.5 Å². The topological polar surface area (TPSA) is 103 Å². The molecule has 0 aliphatic rings. The Morgan fingerprint density at radius 2 is 1.68 bits per heavy atom. The molecule has 0 aliphatic carbocycles. The molecule has 3 aromatic rings. The van der Waals surface area contributed by atoms with Gasteiger partial charge in [0.2, 0.25) is 5.75 Å². The van der Waals surface area contributed by atoms with Gasteiger partial charge in [0.25, 0.3) is 5.91 Å². The summed E-state index contributed by atoms with van der Waals surface area (Å²) >= 11 is 0. The van der Waals surface area contributed by atoms with Crippen LogP contribution in [-0.2, 0) is 6.61 Å². The van der Waals surface area contributed by atoms with Crippen LogP contribution in [0.2, 0.25) is 0 Å². The van der Waals surface area contributed by atoms with Crippen molar-refractivity contribution in [1.29, 1.82) is 5.26 Å². The monoisotopic (exact) mass is 461 g/mol. The largest absolute Gasteiger partial charge is 0.493 e. The van der Waals surface area contributed by atoms with E-state index in [9.17, 15) is 10.1 Å². The first-order chi connectivity index (χ1) is 16.4. The van der Waals surface area contributed by atoms with Crippen LogP contribution >= 0.6 is 0 Å². The lowest BCUT2D eigenvalue weighted by Gasteiger charge is -2.18. The molecule has 0 spiro atoms. The molecule has 0 saturated carbocycles. The van der Waals surface area contributed by atoms with Gasteiger partial charge in [-0.25, -0.2) is 0 Å². The van der Waals surface area contributed by atoms with E-state index >= 15 is 0 Å². The Bertz CT molecular complexity index is 1160. The number of amides is 1. The van der Waals surface area contributed by atoms with E-state index in [0.717, 1.165) is 16.7 Å². The Labute approximate surface area is 199 Å². The highest BCUT2D eigenvalue weighted by Crippen LogP contribution is 2.39. The number of hydrogen-bond acceptors (Lipinski definition) is 7. The molecule has 8 heteroatoms. The molecule has 1 aromatic heterocycles. The predicted octanol–water partition coefficient (Wildman–Crippen LogP) is 4.30. The highest BCUT2D eigenvalue weighted by molar-refractivity contribution is 5.95. The fraction of sp³-hybridized carbons (Fsp3) is 0.269. The highest BCUT2D eigenvalue weighted by atomic mass is 16.5. The van der Waals surface area contributed by atoms with Crippen LogP contribution in [0.5, 0.6) is 23.0 Å². The number of nitriles is 1. The molecule has 2 aromatic carbocycles. The summed E-state index contributed by atoms with van der Waals surface area (Å²) in [5.74, 6) is 1.53. The number of carbonyl (C=O) groups excluding carboxylic acids is 1. The average Bonchev–Trinajstić information content (AvgIpc) is 2.86. The van der Waals surface area contributed by atoms with E-state index in [-0.39, 0.29) is 5.91 Å². The molecule has 1 heterocycles. The number of nitrogens with zero attached hydrogens (tertiary/aromatic N) is 2. The van der Waals surface area contributed by atoms with E-state index in [4.69, 9.17) is 18.9 Å². The molecular formula is C26H27N3O5. The van der Waals surface area contributed by atoms with Gasteiger partial charge in [-0.05, 0) is 60.9 Å². The number of rotatable bonds is 9. The molecule has 0 radical (unpaired) electrons. The number of nitrogens with one attached hydrogen (secondary N) is 1. The van der Waals surface area contributed by atoms with Gasteiger partial charge in [0.1, 0.15) is 18.4 Å². The van der Waals surface area contributed by atoms with Crippen molar-refractivity contribution >= 4 is 5.91 Å². The van der Waals surface area contributed by atoms with Crippen molar-refractivity contribution in [1.82, 2.24) is 10.3 Å². The molecule has 176 valence electrons. The van der Waals surface area contributed by atoms with Crippen molar-refractivity contribution in [3.05, 3.63) is 76.6 Å². The summed E-state index contributed by atoms with van der Waals surface area (Å²) in [5, 5.41) is 12.5. The molecule has 0 saturated heterocycles. The maximum Gasteiger partial charge on any atom is 0.252 e. The second kappa shape index (κ2) is 11.1. The number of hydrogen-bond donors (Lipinski definition) is 1. The minimum Gasteiger partial charge on any atom is -0.493 e. The zero-order valence-electron chi connectivity index (χ0n) is 19.8. The van der Waals surface area contributed by atoms with E-state index < -0.39 is 6.04 Å². The van der Waals surface area contributed by atoms with Crippen molar-refractivity contribution in [3.8, 4) is 29.1 Å². The van der Waals surface area contributed by atoms with Crippen LogP contribution in [-0.4, -0.2) is 32.2 Å². The molecule has 0 bridgehead atoms. The predicted molar refractivity (Wildman–Crippen MR) is 126 cm³/mol. The van der Waals surface area contributed by atoms with Gasteiger partial charge in [-0.3, -0.25) is 9.78 Å². The summed E-state index contributed by atoms with van der Waals surface area (Å²) in [7, 11) is 4.48. The Morgan fingerprint density at radius 1 is 1.03 bits per heavy atom. The first kappa shape index (κ1) is 24.4. The molecule has 3 rings (SSSR count). The van der Waals surface area contributed by atoms with E-state index in [1.54, 1.807) is 36.7 Å². The standard InChI is InChI=1S/C26H27N3O5/c1-16-9-20(10-17(2)24(16)34-15-18-7-6-8-28-14-18)26(30)29-21(13-27)19-11-22(31-3)25(33-5)23(12-19)32-4/h6-12,14,21H,15H2,1-5H3,(H,29,30). The van der Waals surface area contributed by atoms with Gasteiger partial charge in [-0.2, -0.15) is 5.26 Å². The van der Waals surface area contributed by atoms with Gasteiger partial charge in [0.15, 0.2) is 11.5 Å². The van der Waals surface area contributed by atoms with Crippen molar-refractivity contribution in [3.63, 3.8) is 0 Å². The molecule has 1 N–H and O–H groups in total. The third-order valence-corrected chi connectivity index (χ3v) is 5.25. The third kappa shape index (κ3) is 5.38. The van der Waals surface area contributed by atoms with Gasteiger partial charge in [0, 0.05) is 23.5 Å². The average molecular weight is 462 g/mol. The number of aromatic nitrogens is 1. The molecule has 1 atom stereocenters. The van der Waals surface area contributed by atoms with Gasteiger partial charge in [0.05, 0.1) is 27.4 Å². The lowest BCUT2D eigenvalue weighted by Crippen LogP contribution is -2.28. The summed E-state index contributed by atoms with van der Waals surface area (Å²) in [4.78, 5) is 17.1. The van der Waals surface area contributed by atoms with Crippen LogP contribution in [0.25, 0.3) is 0 Å². The summed E-state index contributed by atoms with van der Waals surface area (Å²) in [6.07, 6.45) is 3.46. The summed E-state index contributed by atoms with van der Waals surface area (Å²) in [6, 6.07) is 11.7. The summed E-state index contributed by atoms with van der Waals surface area (Å²) < 4.78 is 22.0. The van der Waals surface area contributed by atoms with E-state index in [2.05, 4.69) is 16.4 Å². The van der Waals surface area contributed by atoms with E-state index in [1.807, 2.05) is 26.0 Å². The van der Waals surface area contributed by atoms with Crippen LogP contribution in [0.4, 0.5) is 0 Å². The Morgan fingerprint density at radius 3 is 2.18 bits per heavy atom. The van der Waals surface area contributed by atoms with E-state index in [1.165, 1.54) is 21.3 Å². The van der Waals surface area contributed by atoms with Crippen molar-refractivity contribution in [2.24, 2.45) is 0 Å². The molecule has 1 amide bonds. The molecule has 34 heavy (non-hydrogen) atoms.